The normalized spacial score (nSPS) is 14.2. The molecule has 0 aliphatic carbocycles. The Bertz CT molecular complexity index is 358. The summed E-state index contributed by atoms with van der Waals surface area (Å²) in [6, 6.07) is 8.95. The highest BCUT2D eigenvalue weighted by Gasteiger charge is 2.23. The highest BCUT2D eigenvalue weighted by molar-refractivity contribution is 5.47. The van der Waals surface area contributed by atoms with Crippen LogP contribution in [0.5, 0.6) is 0 Å². The van der Waals surface area contributed by atoms with Gasteiger partial charge in [-0.15, -0.1) is 0 Å². The Hall–Kier alpha value is -1.02. The summed E-state index contributed by atoms with van der Waals surface area (Å²) in [4.78, 5) is 2.38. The van der Waals surface area contributed by atoms with Gasteiger partial charge in [0.05, 0.1) is 0 Å². The summed E-state index contributed by atoms with van der Waals surface area (Å²) in [7, 11) is 2.20. The maximum atomic E-state index is 3.49. The van der Waals surface area contributed by atoms with E-state index >= 15 is 0 Å². The minimum Gasteiger partial charge on any atom is -0.374 e. The van der Waals surface area contributed by atoms with Gasteiger partial charge in [0.2, 0.25) is 0 Å². The lowest BCUT2D eigenvalue weighted by molar-refractivity contribution is 0.302. The second-order valence-electron chi connectivity index (χ2n) is 5.82. The summed E-state index contributed by atoms with van der Waals surface area (Å²) in [5.41, 5.74) is 3.05. The minimum absolute atomic E-state index is 0.328. The molecule has 0 saturated heterocycles. The molecular formula is C17H30N2. The van der Waals surface area contributed by atoms with Gasteiger partial charge in [-0.25, -0.2) is 0 Å². The van der Waals surface area contributed by atoms with Crippen LogP contribution in [-0.2, 0) is 6.42 Å². The van der Waals surface area contributed by atoms with E-state index in [1.165, 1.54) is 17.7 Å². The number of hydrogen-bond acceptors (Lipinski definition) is 2. The Labute approximate surface area is 119 Å². The van der Waals surface area contributed by atoms with Crippen LogP contribution in [0.3, 0.4) is 0 Å². The van der Waals surface area contributed by atoms with Gasteiger partial charge in [-0.1, -0.05) is 39.8 Å². The molecule has 1 unspecified atom stereocenters. The Kier molecular flexibility index (Phi) is 6.36. The SMILES string of the molecule is CCNCC(C)(CC)CN(C)c1ccc(CC)cc1. The van der Waals surface area contributed by atoms with Crippen molar-refractivity contribution < 1.29 is 0 Å². The Morgan fingerprint density at radius 3 is 2.21 bits per heavy atom. The molecule has 0 heterocycles. The van der Waals surface area contributed by atoms with Crippen LogP contribution < -0.4 is 10.2 Å². The smallest absolute Gasteiger partial charge is 0.0363 e. The number of anilines is 1. The maximum absolute atomic E-state index is 3.49. The lowest BCUT2D eigenvalue weighted by atomic mass is 9.86. The van der Waals surface area contributed by atoms with Crippen molar-refractivity contribution in [2.75, 3.05) is 31.6 Å². The predicted octanol–water partition coefficient (Wildman–Crippen LogP) is 3.71. The molecule has 0 saturated carbocycles. The molecule has 0 bridgehead atoms. The second kappa shape index (κ2) is 7.54. The van der Waals surface area contributed by atoms with Crippen LogP contribution in [0.4, 0.5) is 5.69 Å². The molecule has 2 nitrogen and oxygen atoms in total. The molecule has 0 aliphatic rings. The first-order chi connectivity index (χ1) is 9.04. The zero-order valence-electron chi connectivity index (χ0n) is 13.3. The van der Waals surface area contributed by atoms with Crippen molar-refractivity contribution in [2.45, 2.75) is 40.5 Å². The molecular weight excluding hydrogens is 232 g/mol. The van der Waals surface area contributed by atoms with Gasteiger partial charge < -0.3 is 10.2 Å². The summed E-state index contributed by atoms with van der Waals surface area (Å²) < 4.78 is 0. The molecule has 0 radical (unpaired) electrons. The molecule has 0 spiro atoms. The summed E-state index contributed by atoms with van der Waals surface area (Å²) in [5.74, 6) is 0. The Balaban J connectivity index is 2.67. The standard InChI is InChI=1S/C17H30N2/c1-6-15-9-11-16(12-10-15)19(5)14-17(4,7-2)13-18-8-3/h9-12,18H,6-8,13-14H2,1-5H3. The van der Waals surface area contributed by atoms with Crippen molar-refractivity contribution in [3.8, 4) is 0 Å². The van der Waals surface area contributed by atoms with E-state index in [9.17, 15) is 0 Å². The quantitative estimate of drug-likeness (QED) is 0.768. The van der Waals surface area contributed by atoms with E-state index < -0.39 is 0 Å². The van der Waals surface area contributed by atoms with E-state index in [1.54, 1.807) is 0 Å². The average molecular weight is 262 g/mol. The van der Waals surface area contributed by atoms with Crippen LogP contribution in [-0.4, -0.2) is 26.7 Å². The first-order valence-electron chi connectivity index (χ1n) is 7.55. The fourth-order valence-electron chi connectivity index (χ4n) is 2.37. The van der Waals surface area contributed by atoms with Crippen LogP contribution in [0.2, 0.25) is 0 Å². The van der Waals surface area contributed by atoms with Crippen LogP contribution in [0.1, 0.15) is 39.7 Å². The summed E-state index contributed by atoms with van der Waals surface area (Å²) in [5, 5.41) is 3.49. The second-order valence-corrected chi connectivity index (χ2v) is 5.82. The molecule has 1 rings (SSSR count). The molecule has 0 aromatic heterocycles. The first-order valence-corrected chi connectivity index (χ1v) is 7.55. The topological polar surface area (TPSA) is 15.3 Å². The van der Waals surface area contributed by atoms with E-state index in [-0.39, 0.29) is 0 Å². The van der Waals surface area contributed by atoms with Gasteiger partial charge >= 0.3 is 0 Å². The van der Waals surface area contributed by atoms with Crippen LogP contribution in [0, 0.1) is 5.41 Å². The lowest BCUT2D eigenvalue weighted by Gasteiger charge is -2.34. The maximum Gasteiger partial charge on any atom is 0.0363 e. The number of nitrogens with one attached hydrogen (secondary N) is 1. The van der Waals surface area contributed by atoms with Gasteiger partial charge in [0, 0.05) is 25.8 Å². The van der Waals surface area contributed by atoms with Gasteiger partial charge in [0.1, 0.15) is 0 Å². The monoisotopic (exact) mass is 262 g/mol. The van der Waals surface area contributed by atoms with Crippen molar-refractivity contribution >= 4 is 5.69 Å². The van der Waals surface area contributed by atoms with Gasteiger partial charge in [-0.2, -0.15) is 0 Å². The molecule has 1 aromatic rings. The third kappa shape index (κ3) is 4.87. The van der Waals surface area contributed by atoms with Crippen LogP contribution >= 0.6 is 0 Å². The molecule has 19 heavy (non-hydrogen) atoms. The Morgan fingerprint density at radius 2 is 1.74 bits per heavy atom. The van der Waals surface area contributed by atoms with E-state index in [0.29, 0.717) is 5.41 Å². The zero-order chi connectivity index (χ0) is 14.3. The van der Waals surface area contributed by atoms with E-state index in [0.717, 1.165) is 26.1 Å². The molecule has 1 aromatic carbocycles. The molecule has 0 aliphatic heterocycles. The Morgan fingerprint density at radius 1 is 1.11 bits per heavy atom. The van der Waals surface area contributed by atoms with Crippen molar-refractivity contribution in [2.24, 2.45) is 5.41 Å². The third-order valence-electron chi connectivity index (χ3n) is 4.06. The summed E-state index contributed by atoms with van der Waals surface area (Å²) in [6.07, 6.45) is 2.30. The number of benzene rings is 1. The minimum atomic E-state index is 0.328. The van der Waals surface area contributed by atoms with Crippen molar-refractivity contribution in [3.63, 3.8) is 0 Å². The van der Waals surface area contributed by atoms with E-state index in [4.69, 9.17) is 0 Å². The van der Waals surface area contributed by atoms with Gasteiger partial charge in [0.25, 0.3) is 0 Å². The first kappa shape index (κ1) is 16.0. The van der Waals surface area contributed by atoms with E-state index in [1.807, 2.05) is 0 Å². The fourth-order valence-corrected chi connectivity index (χ4v) is 2.37. The third-order valence-corrected chi connectivity index (χ3v) is 4.06. The lowest BCUT2D eigenvalue weighted by Crippen LogP contribution is -2.40. The highest BCUT2D eigenvalue weighted by Crippen LogP contribution is 2.24. The summed E-state index contributed by atoms with van der Waals surface area (Å²) >= 11 is 0. The number of hydrogen-bond donors (Lipinski definition) is 1. The van der Waals surface area contributed by atoms with Gasteiger partial charge in [-0.3, -0.25) is 0 Å². The van der Waals surface area contributed by atoms with Gasteiger partial charge in [-0.05, 0) is 42.5 Å². The van der Waals surface area contributed by atoms with Crippen LogP contribution in [0.25, 0.3) is 0 Å². The molecule has 2 heteroatoms. The van der Waals surface area contributed by atoms with Gasteiger partial charge in [0.15, 0.2) is 0 Å². The fraction of sp³-hybridized carbons (Fsp3) is 0.647. The zero-order valence-corrected chi connectivity index (χ0v) is 13.3. The van der Waals surface area contributed by atoms with Crippen molar-refractivity contribution in [3.05, 3.63) is 29.8 Å². The van der Waals surface area contributed by atoms with E-state index in [2.05, 4.69) is 69.2 Å². The molecule has 0 fully saturated rings. The average Bonchev–Trinajstić information content (AvgIpc) is 2.45. The predicted molar refractivity (Wildman–Crippen MR) is 86.0 cm³/mol. The number of aryl methyl sites for hydroxylation is 1. The van der Waals surface area contributed by atoms with Crippen LogP contribution in [0.15, 0.2) is 24.3 Å². The highest BCUT2D eigenvalue weighted by atomic mass is 15.1. The number of nitrogens with zero attached hydrogens (tertiary/aromatic N) is 1. The molecule has 1 atom stereocenters. The molecule has 0 amide bonds. The molecule has 108 valence electrons. The van der Waals surface area contributed by atoms with Crippen molar-refractivity contribution in [1.29, 1.82) is 0 Å². The molecule has 1 N–H and O–H groups in total. The largest absolute Gasteiger partial charge is 0.374 e. The number of rotatable bonds is 8. The van der Waals surface area contributed by atoms with Crippen molar-refractivity contribution in [1.82, 2.24) is 5.32 Å². The summed E-state index contributed by atoms with van der Waals surface area (Å²) in [6.45, 7) is 12.2.